The van der Waals surface area contributed by atoms with Crippen molar-refractivity contribution in [2.24, 2.45) is 0 Å². The number of nitrogens with zero attached hydrogens (tertiary/aromatic N) is 2. The molecule has 0 aliphatic carbocycles. The Morgan fingerprint density at radius 3 is 2.08 bits per heavy atom. The van der Waals surface area contributed by atoms with E-state index in [1.807, 2.05) is 44.2 Å². The van der Waals surface area contributed by atoms with E-state index in [2.05, 4.69) is 5.32 Å². The number of hydrogen-bond donors (Lipinski definition) is 1. The van der Waals surface area contributed by atoms with E-state index in [1.165, 1.54) is 17.0 Å². The zero-order chi connectivity index (χ0) is 28.4. The number of hydrogen-bond acceptors (Lipinski definition) is 5. The van der Waals surface area contributed by atoms with Crippen LogP contribution >= 0.6 is 0 Å². The number of para-hydroxylation sites is 2. The van der Waals surface area contributed by atoms with Crippen molar-refractivity contribution in [2.45, 2.75) is 57.6 Å². The van der Waals surface area contributed by atoms with Crippen molar-refractivity contribution in [3.63, 3.8) is 0 Å². The molecule has 3 rings (SSSR count). The van der Waals surface area contributed by atoms with Gasteiger partial charge in [-0.05, 0) is 57.0 Å². The molecule has 0 aromatic heterocycles. The van der Waals surface area contributed by atoms with Gasteiger partial charge in [0.1, 0.15) is 18.3 Å². The van der Waals surface area contributed by atoms with Crippen LogP contribution in [0, 0.1) is 0 Å². The number of amides is 2. The molecule has 1 N–H and O–H groups in total. The van der Waals surface area contributed by atoms with Crippen LogP contribution in [0.4, 0.5) is 5.69 Å². The van der Waals surface area contributed by atoms with Crippen LogP contribution in [0.25, 0.3) is 0 Å². The highest BCUT2D eigenvalue weighted by Gasteiger charge is 2.33. The molecule has 0 aliphatic heterocycles. The third kappa shape index (κ3) is 7.60. The largest absolute Gasteiger partial charge is 0.492 e. The molecular weight excluding hydrogens is 514 g/mol. The Labute approximate surface area is 231 Å². The van der Waals surface area contributed by atoms with E-state index in [0.717, 1.165) is 16.3 Å². The Morgan fingerprint density at radius 2 is 1.46 bits per heavy atom. The number of rotatable bonds is 13. The van der Waals surface area contributed by atoms with Gasteiger partial charge in [0.05, 0.1) is 17.2 Å². The fourth-order valence-corrected chi connectivity index (χ4v) is 5.45. The van der Waals surface area contributed by atoms with E-state index < -0.39 is 28.5 Å². The van der Waals surface area contributed by atoms with Crippen LogP contribution in [0.3, 0.4) is 0 Å². The number of carbonyl (C=O) groups is 2. The van der Waals surface area contributed by atoms with Crippen LogP contribution in [-0.2, 0) is 26.2 Å². The Morgan fingerprint density at radius 1 is 0.872 bits per heavy atom. The summed E-state index contributed by atoms with van der Waals surface area (Å²) in [4.78, 5) is 28.5. The van der Waals surface area contributed by atoms with Crippen LogP contribution in [0.2, 0.25) is 0 Å². The van der Waals surface area contributed by atoms with Crippen molar-refractivity contribution < 1.29 is 22.7 Å². The summed E-state index contributed by atoms with van der Waals surface area (Å²) < 4.78 is 34.6. The van der Waals surface area contributed by atoms with E-state index in [4.69, 9.17) is 4.74 Å². The highest BCUT2D eigenvalue weighted by molar-refractivity contribution is 7.92. The lowest BCUT2D eigenvalue weighted by molar-refractivity contribution is -0.139. The van der Waals surface area contributed by atoms with Crippen molar-refractivity contribution >= 4 is 27.5 Å². The lowest BCUT2D eigenvalue weighted by Crippen LogP contribution is -2.52. The molecule has 2 atom stereocenters. The number of ether oxygens (including phenoxy) is 1. The molecule has 0 aliphatic rings. The van der Waals surface area contributed by atoms with Crippen LogP contribution in [0.1, 0.15) is 39.7 Å². The first-order valence-corrected chi connectivity index (χ1v) is 14.6. The van der Waals surface area contributed by atoms with Gasteiger partial charge in [0, 0.05) is 12.6 Å². The number of carbonyl (C=O) groups excluding carboxylic acids is 2. The summed E-state index contributed by atoms with van der Waals surface area (Å²) in [6.45, 7) is 7.25. The zero-order valence-electron chi connectivity index (χ0n) is 22.9. The normalized spacial score (nSPS) is 12.7. The Hall–Kier alpha value is -3.85. The third-order valence-corrected chi connectivity index (χ3v) is 8.18. The highest BCUT2D eigenvalue weighted by Crippen LogP contribution is 2.32. The van der Waals surface area contributed by atoms with Gasteiger partial charge in [-0.1, -0.05) is 67.6 Å². The molecule has 208 valence electrons. The Bertz CT molecular complexity index is 1330. The molecule has 39 heavy (non-hydrogen) atoms. The highest BCUT2D eigenvalue weighted by atomic mass is 32.2. The first-order chi connectivity index (χ1) is 18.7. The monoisotopic (exact) mass is 551 g/mol. The van der Waals surface area contributed by atoms with Gasteiger partial charge in [-0.15, -0.1) is 0 Å². The Kier molecular flexibility index (Phi) is 10.5. The molecule has 3 aromatic carbocycles. The summed E-state index contributed by atoms with van der Waals surface area (Å²) in [5.74, 6) is -0.484. The van der Waals surface area contributed by atoms with Gasteiger partial charge in [-0.3, -0.25) is 13.9 Å². The average Bonchev–Trinajstić information content (AvgIpc) is 2.95. The van der Waals surface area contributed by atoms with E-state index in [1.54, 1.807) is 56.3 Å². The van der Waals surface area contributed by atoms with E-state index in [-0.39, 0.29) is 29.1 Å². The number of benzene rings is 3. The second kappa shape index (κ2) is 13.8. The van der Waals surface area contributed by atoms with Crippen molar-refractivity contribution in [2.75, 3.05) is 17.5 Å². The molecule has 0 heterocycles. The van der Waals surface area contributed by atoms with E-state index in [0.29, 0.717) is 12.4 Å². The van der Waals surface area contributed by atoms with Gasteiger partial charge < -0.3 is 15.0 Å². The molecule has 2 amide bonds. The number of nitrogens with one attached hydrogen (secondary N) is 1. The summed E-state index contributed by atoms with van der Waals surface area (Å²) in [6.07, 6.45) is 0.738. The SMILES string of the molecule is CCOc1ccccc1N(CC(=O)N(Cc1ccccc1)[C@H](C)C(=O)N[C@H](C)CC)S(=O)(=O)c1ccccc1. The molecule has 0 saturated carbocycles. The van der Waals surface area contributed by atoms with E-state index >= 15 is 0 Å². The van der Waals surface area contributed by atoms with Crippen molar-refractivity contribution in [1.82, 2.24) is 10.2 Å². The van der Waals surface area contributed by atoms with Gasteiger partial charge in [0.2, 0.25) is 11.8 Å². The van der Waals surface area contributed by atoms with E-state index in [9.17, 15) is 18.0 Å². The third-order valence-electron chi connectivity index (χ3n) is 6.41. The van der Waals surface area contributed by atoms with Crippen LogP contribution in [-0.4, -0.2) is 50.4 Å². The van der Waals surface area contributed by atoms with Gasteiger partial charge in [0.15, 0.2) is 0 Å². The molecule has 0 saturated heterocycles. The maximum absolute atomic E-state index is 14.0. The fraction of sp³-hybridized carbons (Fsp3) is 0.333. The summed E-state index contributed by atoms with van der Waals surface area (Å²) in [7, 11) is -4.16. The molecule has 0 fully saturated rings. The second-order valence-corrected chi connectivity index (χ2v) is 11.1. The standard InChI is InChI=1S/C30H37N3O5S/c1-5-23(3)31-30(35)24(4)32(21-25-15-9-7-10-16-25)29(34)22-33(27-19-13-14-20-28(27)38-6-2)39(36,37)26-17-11-8-12-18-26/h7-20,23-24H,5-6,21-22H2,1-4H3,(H,31,35)/t23-,24-/m1/s1. The molecule has 0 unspecified atom stereocenters. The van der Waals surface area contributed by atoms with Gasteiger partial charge in [-0.2, -0.15) is 0 Å². The van der Waals surface area contributed by atoms with Crippen LogP contribution in [0.15, 0.2) is 89.8 Å². The zero-order valence-corrected chi connectivity index (χ0v) is 23.7. The van der Waals surface area contributed by atoms with Crippen LogP contribution in [0.5, 0.6) is 5.75 Å². The molecule has 0 radical (unpaired) electrons. The molecule has 3 aromatic rings. The first kappa shape index (κ1) is 29.7. The summed E-state index contributed by atoms with van der Waals surface area (Å²) >= 11 is 0. The molecule has 9 heteroatoms. The number of sulfonamides is 1. The first-order valence-electron chi connectivity index (χ1n) is 13.1. The van der Waals surface area contributed by atoms with Gasteiger partial charge >= 0.3 is 0 Å². The lowest BCUT2D eigenvalue weighted by Gasteiger charge is -2.32. The minimum Gasteiger partial charge on any atom is -0.492 e. The summed E-state index contributed by atoms with van der Waals surface area (Å²) in [5, 5.41) is 2.93. The van der Waals surface area contributed by atoms with Gasteiger partial charge in [0.25, 0.3) is 10.0 Å². The van der Waals surface area contributed by atoms with Gasteiger partial charge in [-0.25, -0.2) is 8.42 Å². The summed E-state index contributed by atoms with van der Waals surface area (Å²) in [6, 6.07) is 23.1. The van der Waals surface area contributed by atoms with Crippen molar-refractivity contribution in [3.8, 4) is 5.75 Å². The Balaban J connectivity index is 2.05. The summed E-state index contributed by atoms with van der Waals surface area (Å²) in [5.41, 5.74) is 1.06. The predicted molar refractivity (Wildman–Crippen MR) is 153 cm³/mol. The smallest absolute Gasteiger partial charge is 0.264 e. The predicted octanol–water partition coefficient (Wildman–Crippen LogP) is 4.61. The second-order valence-electron chi connectivity index (χ2n) is 9.23. The minimum atomic E-state index is -4.16. The topological polar surface area (TPSA) is 96.0 Å². The van der Waals surface area contributed by atoms with Crippen molar-refractivity contribution in [3.05, 3.63) is 90.5 Å². The maximum atomic E-state index is 14.0. The molecular formula is C30H37N3O5S. The number of anilines is 1. The minimum absolute atomic E-state index is 0.0428. The van der Waals surface area contributed by atoms with Crippen LogP contribution < -0.4 is 14.4 Å². The maximum Gasteiger partial charge on any atom is 0.264 e. The molecule has 0 spiro atoms. The molecule has 0 bridgehead atoms. The average molecular weight is 552 g/mol. The lowest BCUT2D eigenvalue weighted by atomic mass is 10.1. The quantitative estimate of drug-likeness (QED) is 0.335. The fourth-order valence-electron chi connectivity index (χ4n) is 4.00. The van der Waals surface area contributed by atoms with Crippen molar-refractivity contribution in [1.29, 1.82) is 0 Å². The molecule has 8 nitrogen and oxygen atoms in total.